The third kappa shape index (κ3) is 3.92. The van der Waals surface area contributed by atoms with Gasteiger partial charge in [0.1, 0.15) is 11.6 Å². The highest BCUT2D eigenvalue weighted by atomic mass is 32.2. The molecule has 1 heterocycles. The molecule has 0 saturated heterocycles. The van der Waals surface area contributed by atoms with Crippen LogP contribution in [0.3, 0.4) is 0 Å². The van der Waals surface area contributed by atoms with Crippen LogP contribution >= 0.6 is 11.8 Å². The number of hydrogen-bond donors (Lipinski definition) is 1. The van der Waals surface area contributed by atoms with Crippen LogP contribution < -0.4 is 5.73 Å². The molecule has 1 aromatic heterocycles. The Morgan fingerprint density at radius 1 is 1.48 bits per heavy atom. The zero-order valence-corrected chi connectivity index (χ0v) is 13.9. The van der Waals surface area contributed by atoms with Gasteiger partial charge in [-0.25, -0.2) is 4.98 Å². The Morgan fingerprint density at radius 2 is 2.22 bits per heavy atom. The van der Waals surface area contributed by atoms with Crippen molar-refractivity contribution < 1.29 is 9.53 Å². The Kier molecular flexibility index (Phi) is 5.79. The van der Waals surface area contributed by atoms with Gasteiger partial charge in [0.05, 0.1) is 23.4 Å². The number of ketones is 1. The van der Waals surface area contributed by atoms with Crippen LogP contribution in [0.4, 0.5) is 0 Å². The Bertz CT molecular complexity index is 785. The fourth-order valence-corrected chi connectivity index (χ4v) is 3.05. The SMILES string of the molecule is COCCn1c(SCC(=O)C(C#N)=C(C)N)nc2ccccc21. The third-order valence-electron chi connectivity index (χ3n) is 3.26. The molecule has 23 heavy (non-hydrogen) atoms. The monoisotopic (exact) mass is 330 g/mol. The molecule has 0 bridgehead atoms. The number of methoxy groups -OCH3 is 1. The number of carbonyl (C=O) groups excluding carboxylic acids is 1. The normalized spacial score (nSPS) is 12.0. The zero-order chi connectivity index (χ0) is 16.8. The number of Topliss-reactive ketones (excluding diaryl/α,β-unsaturated/α-hetero) is 1. The minimum Gasteiger partial charge on any atom is -0.401 e. The molecule has 2 N–H and O–H groups in total. The Labute approximate surface area is 138 Å². The molecule has 7 heteroatoms. The van der Waals surface area contributed by atoms with Crippen molar-refractivity contribution in [1.82, 2.24) is 9.55 Å². The van der Waals surface area contributed by atoms with Gasteiger partial charge in [-0.3, -0.25) is 4.79 Å². The van der Waals surface area contributed by atoms with Gasteiger partial charge in [-0.2, -0.15) is 5.26 Å². The fraction of sp³-hybridized carbons (Fsp3) is 0.312. The van der Waals surface area contributed by atoms with Gasteiger partial charge in [0.15, 0.2) is 10.9 Å². The molecule has 0 atom stereocenters. The molecular weight excluding hydrogens is 312 g/mol. The lowest BCUT2D eigenvalue weighted by atomic mass is 10.2. The van der Waals surface area contributed by atoms with Crippen LogP contribution in [0.1, 0.15) is 6.92 Å². The van der Waals surface area contributed by atoms with Crippen LogP contribution in [0.5, 0.6) is 0 Å². The number of nitriles is 1. The third-order valence-corrected chi connectivity index (χ3v) is 4.23. The van der Waals surface area contributed by atoms with E-state index in [2.05, 4.69) is 4.98 Å². The first-order chi connectivity index (χ1) is 11.1. The van der Waals surface area contributed by atoms with Gasteiger partial charge in [-0.15, -0.1) is 0 Å². The van der Waals surface area contributed by atoms with E-state index >= 15 is 0 Å². The van der Waals surface area contributed by atoms with Gasteiger partial charge in [0.25, 0.3) is 0 Å². The number of aromatic nitrogens is 2. The minimum absolute atomic E-state index is 0.0112. The molecular formula is C16H18N4O2S. The standard InChI is InChI=1S/C16H18N4O2S/c1-11(18)12(9-17)15(21)10-23-16-19-13-5-3-4-6-14(13)20(16)7-8-22-2/h3-6H,7-8,10,18H2,1-2H3. The Balaban J connectivity index is 2.24. The number of imidazole rings is 1. The number of thioether (sulfide) groups is 1. The molecule has 0 aliphatic heterocycles. The van der Waals surface area contributed by atoms with Gasteiger partial charge in [-0.05, 0) is 19.1 Å². The smallest absolute Gasteiger partial charge is 0.185 e. The summed E-state index contributed by atoms with van der Waals surface area (Å²) in [4.78, 5) is 16.6. The Hall–Kier alpha value is -2.30. The summed E-state index contributed by atoms with van der Waals surface area (Å²) in [7, 11) is 1.64. The molecule has 2 rings (SSSR count). The van der Waals surface area contributed by atoms with E-state index in [1.54, 1.807) is 14.0 Å². The lowest BCUT2D eigenvalue weighted by Crippen LogP contribution is -2.11. The van der Waals surface area contributed by atoms with Crippen LogP contribution in [0.25, 0.3) is 11.0 Å². The molecule has 0 saturated carbocycles. The number of hydrogen-bond acceptors (Lipinski definition) is 6. The van der Waals surface area contributed by atoms with Gasteiger partial charge >= 0.3 is 0 Å². The highest BCUT2D eigenvalue weighted by molar-refractivity contribution is 7.99. The van der Waals surface area contributed by atoms with Crippen molar-refractivity contribution in [2.45, 2.75) is 18.6 Å². The van der Waals surface area contributed by atoms with Crippen LogP contribution in [-0.4, -0.2) is 34.8 Å². The van der Waals surface area contributed by atoms with Gasteiger partial charge in [0, 0.05) is 19.4 Å². The maximum atomic E-state index is 12.1. The first-order valence-corrected chi connectivity index (χ1v) is 8.03. The minimum atomic E-state index is -0.289. The van der Waals surface area contributed by atoms with Crippen molar-refractivity contribution in [3.8, 4) is 6.07 Å². The van der Waals surface area contributed by atoms with E-state index in [0.717, 1.165) is 16.2 Å². The molecule has 6 nitrogen and oxygen atoms in total. The summed E-state index contributed by atoms with van der Waals surface area (Å²) < 4.78 is 7.16. The van der Waals surface area contributed by atoms with Crippen molar-refractivity contribution in [3.63, 3.8) is 0 Å². The van der Waals surface area contributed by atoms with Crippen molar-refractivity contribution in [2.75, 3.05) is 19.5 Å². The van der Waals surface area contributed by atoms with Gasteiger partial charge in [-0.1, -0.05) is 23.9 Å². The number of fused-ring (bicyclic) bond motifs is 1. The number of rotatable bonds is 7. The van der Waals surface area contributed by atoms with Crippen molar-refractivity contribution in [1.29, 1.82) is 5.26 Å². The second-order valence-corrected chi connectivity index (χ2v) is 5.85. The van der Waals surface area contributed by atoms with E-state index in [0.29, 0.717) is 13.2 Å². The molecule has 0 radical (unpaired) electrons. The summed E-state index contributed by atoms with van der Waals surface area (Å²) in [6, 6.07) is 9.63. The summed E-state index contributed by atoms with van der Waals surface area (Å²) in [5.74, 6) is -0.170. The number of benzene rings is 1. The molecule has 0 aliphatic carbocycles. The van der Waals surface area contributed by atoms with E-state index in [1.165, 1.54) is 11.8 Å². The van der Waals surface area contributed by atoms with E-state index in [-0.39, 0.29) is 22.8 Å². The van der Waals surface area contributed by atoms with Gasteiger partial charge < -0.3 is 15.0 Å². The molecule has 0 unspecified atom stereocenters. The van der Waals surface area contributed by atoms with E-state index < -0.39 is 0 Å². The first kappa shape index (κ1) is 17.1. The average Bonchev–Trinajstić information content (AvgIpc) is 2.88. The lowest BCUT2D eigenvalue weighted by Gasteiger charge is -2.08. The van der Waals surface area contributed by atoms with Crippen LogP contribution in [-0.2, 0) is 16.1 Å². The van der Waals surface area contributed by atoms with Crippen LogP contribution in [0.2, 0.25) is 0 Å². The second-order valence-electron chi connectivity index (χ2n) is 4.91. The fourth-order valence-electron chi connectivity index (χ4n) is 2.13. The summed E-state index contributed by atoms with van der Waals surface area (Å²) in [6.07, 6.45) is 0. The van der Waals surface area contributed by atoms with Crippen molar-refractivity contribution in [3.05, 3.63) is 35.5 Å². The molecule has 0 spiro atoms. The Morgan fingerprint density at radius 3 is 2.87 bits per heavy atom. The number of nitrogens with zero attached hydrogens (tertiary/aromatic N) is 3. The summed E-state index contributed by atoms with van der Waals surface area (Å²) in [6.45, 7) is 2.74. The molecule has 2 aromatic rings. The van der Waals surface area contributed by atoms with E-state index in [9.17, 15) is 4.79 Å². The highest BCUT2D eigenvalue weighted by Crippen LogP contribution is 2.24. The molecule has 0 amide bonds. The molecule has 0 fully saturated rings. The number of carbonyl (C=O) groups is 1. The first-order valence-electron chi connectivity index (χ1n) is 7.05. The van der Waals surface area contributed by atoms with E-state index in [4.69, 9.17) is 15.7 Å². The summed E-state index contributed by atoms with van der Waals surface area (Å²) >= 11 is 1.30. The molecule has 1 aromatic carbocycles. The molecule has 0 aliphatic rings. The van der Waals surface area contributed by atoms with Gasteiger partial charge in [0.2, 0.25) is 0 Å². The number of para-hydroxylation sites is 2. The maximum Gasteiger partial charge on any atom is 0.185 e. The summed E-state index contributed by atoms with van der Waals surface area (Å²) in [5, 5.41) is 9.72. The number of nitrogens with two attached hydrogens (primary N) is 1. The predicted molar refractivity (Wildman–Crippen MR) is 89.8 cm³/mol. The largest absolute Gasteiger partial charge is 0.401 e. The van der Waals surface area contributed by atoms with Crippen molar-refractivity contribution >= 4 is 28.6 Å². The van der Waals surface area contributed by atoms with Crippen LogP contribution in [0, 0.1) is 11.3 Å². The van der Waals surface area contributed by atoms with Crippen molar-refractivity contribution in [2.24, 2.45) is 5.73 Å². The highest BCUT2D eigenvalue weighted by Gasteiger charge is 2.16. The second kappa shape index (κ2) is 7.81. The topological polar surface area (TPSA) is 93.9 Å². The maximum absolute atomic E-state index is 12.1. The molecule has 120 valence electrons. The zero-order valence-electron chi connectivity index (χ0n) is 13.1. The quantitative estimate of drug-likeness (QED) is 0.475. The summed E-state index contributed by atoms with van der Waals surface area (Å²) in [5.41, 5.74) is 7.67. The number of ether oxygens (including phenoxy) is 1. The van der Waals surface area contributed by atoms with Crippen LogP contribution in [0.15, 0.2) is 40.7 Å². The predicted octanol–water partition coefficient (Wildman–Crippen LogP) is 2.10. The van der Waals surface area contributed by atoms with E-state index in [1.807, 2.05) is 34.9 Å². The lowest BCUT2D eigenvalue weighted by molar-refractivity contribution is -0.112. The average molecular weight is 330 g/mol. The number of allylic oxidation sites excluding steroid dienone is 2.